The molecule has 0 N–H and O–H groups in total. The van der Waals surface area contributed by atoms with Gasteiger partial charge in [-0.1, -0.05) is 13.8 Å². The number of amides is 1. The molecule has 1 fully saturated rings. The van der Waals surface area contributed by atoms with Crippen molar-refractivity contribution in [3.05, 3.63) is 0 Å². The number of likely N-dealkylation sites (tertiary alicyclic amines) is 1. The van der Waals surface area contributed by atoms with E-state index in [4.69, 9.17) is 0 Å². The second kappa shape index (κ2) is 4.11. The fourth-order valence-corrected chi connectivity index (χ4v) is 1.88. The summed E-state index contributed by atoms with van der Waals surface area (Å²) < 4.78 is 0. The highest BCUT2D eigenvalue weighted by Crippen LogP contribution is 2.23. The monoisotopic (exact) mass is 197 g/mol. The van der Waals surface area contributed by atoms with Gasteiger partial charge in [0.05, 0.1) is 5.92 Å². The van der Waals surface area contributed by atoms with E-state index in [-0.39, 0.29) is 29.6 Å². The summed E-state index contributed by atoms with van der Waals surface area (Å²) in [4.78, 5) is 25.3. The standard InChI is InChI=1S/C11H19NO2/c1-7(2)10(13)9-5-6-12(8(3)4)11(9)14/h7-9H,5-6H2,1-4H3. The molecule has 0 bridgehead atoms. The first-order chi connectivity index (χ1) is 6.45. The SMILES string of the molecule is CC(C)C(=O)C1CCN(C(C)C)C1=O. The molecule has 0 aliphatic carbocycles. The molecule has 0 radical (unpaired) electrons. The van der Waals surface area contributed by atoms with Gasteiger partial charge >= 0.3 is 0 Å². The van der Waals surface area contributed by atoms with Crippen LogP contribution in [0, 0.1) is 11.8 Å². The maximum absolute atomic E-state index is 11.8. The van der Waals surface area contributed by atoms with E-state index in [1.165, 1.54) is 0 Å². The molecule has 0 saturated carbocycles. The van der Waals surface area contributed by atoms with Crippen LogP contribution in [0.4, 0.5) is 0 Å². The lowest BCUT2D eigenvalue weighted by Crippen LogP contribution is -2.36. The smallest absolute Gasteiger partial charge is 0.233 e. The Balaban J connectivity index is 2.69. The van der Waals surface area contributed by atoms with E-state index < -0.39 is 0 Å². The molecule has 1 rings (SSSR count). The predicted molar refractivity (Wildman–Crippen MR) is 54.8 cm³/mol. The molecular weight excluding hydrogens is 178 g/mol. The van der Waals surface area contributed by atoms with Gasteiger partial charge in [0, 0.05) is 18.5 Å². The minimum absolute atomic E-state index is 0.0266. The first-order valence-corrected chi connectivity index (χ1v) is 5.29. The van der Waals surface area contributed by atoms with Crippen LogP contribution in [-0.2, 0) is 9.59 Å². The maximum Gasteiger partial charge on any atom is 0.233 e. The van der Waals surface area contributed by atoms with E-state index in [1.54, 1.807) is 4.90 Å². The van der Waals surface area contributed by atoms with Crippen LogP contribution in [0.15, 0.2) is 0 Å². The summed E-state index contributed by atoms with van der Waals surface area (Å²) in [7, 11) is 0. The molecule has 0 aromatic carbocycles. The third-order valence-electron chi connectivity index (χ3n) is 2.78. The molecule has 0 aromatic rings. The highest BCUT2D eigenvalue weighted by molar-refractivity contribution is 6.03. The molecule has 1 aliphatic heterocycles. The van der Waals surface area contributed by atoms with Crippen molar-refractivity contribution in [2.45, 2.75) is 40.2 Å². The molecule has 3 nitrogen and oxygen atoms in total. The minimum Gasteiger partial charge on any atom is -0.340 e. The van der Waals surface area contributed by atoms with Crippen molar-refractivity contribution >= 4 is 11.7 Å². The second-order valence-electron chi connectivity index (χ2n) is 4.52. The highest BCUT2D eigenvalue weighted by atomic mass is 16.2. The number of ketones is 1. The summed E-state index contributed by atoms with van der Waals surface area (Å²) in [5.74, 6) is -0.273. The molecule has 1 aliphatic rings. The Morgan fingerprint density at radius 2 is 1.93 bits per heavy atom. The summed E-state index contributed by atoms with van der Waals surface area (Å²) in [6.07, 6.45) is 0.702. The first-order valence-electron chi connectivity index (χ1n) is 5.29. The molecule has 0 spiro atoms. The number of rotatable bonds is 3. The van der Waals surface area contributed by atoms with Gasteiger partial charge in [-0.15, -0.1) is 0 Å². The minimum atomic E-state index is -0.364. The zero-order valence-electron chi connectivity index (χ0n) is 9.41. The van der Waals surface area contributed by atoms with Crippen molar-refractivity contribution in [2.24, 2.45) is 11.8 Å². The van der Waals surface area contributed by atoms with Gasteiger partial charge < -0.3 is 4.90 Å². The second-order valence-corrected chi connectivity index (χ2v) is 4.52. The van der Waals surface area contributed by atoms with Gasteiger partial charge in [0.2, 0.25) is 5.91 Å². The zero-order chi connectivity index (χ0) is 10.9. The topological polar surface area (TPSA) is 37.4 Å². The summed E-state index contributed by atoms with van der Waals surface area (Å²) >= 11 is 0. The van der Waals surface area contributed by atoms with Gasteiger partial charge in [0.15, 0.2) is 0 Å². The largest absolute Gasteiger partial charge is 0.340 e. The summed E-state index contributed by atoms with van der Waals surface area (Å²) in [6.45, 7) is 8.42. The van der Waals surface area contributed by atoms with Crippen LogP contribution in [0.3, 0.4) is 0 Å². The number of Topliss-reactive ketones (excluding diaryl/α,β-unsaturated/α-hetero) is 1. The van der Waals surface area contributed by atoms with E-state index in [0.29, 0.717) is 6.42 Å². The Hall–Kier alpha value is -0.860. The van der Waals surface area contributed by atoms with E-state index in [0.717, 1.165) is 6.54 Å². The molecular formula is C11H19NO2. The Labute approximate surface area is 85.5 Å². The van der Waals surface area contributed by atoms with Crippen molar-refractivity contribution in [3.8, 4) is 0 Å². The number of nitrogens with zero attached hydrogens (tertiary/aromatic N) is 1. The van der Waals surface area contributed by atoms with E-state index in [9.17, 15) is 9.59 Å². The van der Waals surface area contributed by atoms with E-state index in [1.807, 2.05) is 27.7 Å². The average Bonchev–Trinajstić information content (AvgIpc) is 2.45. The Morgan fingerprint density at radius 3 is 2.29 bits per heavy atom. The number of carbonyl (C=O) groups is 2. The Morgan fingerprint density at radius 1 is 1.36 bits per heavy atom. The van der Waals surface area contributed by atoms with Crippen LogP contribution >= 0.6 is 0 Å². The van der Waals surface area contributed by atoms with Crippen LogP contribution in [0.5, 0.6) is 0 Å². The van der Waals surface area contributed by atoms with Crippen LogP contribution < -0.4 is 0 Å². The van der Waals surface area contributed by atoms with Gasteiger partial charge in [-0.3, -0.25) is 9.59 Å². The normalized spacial score (nSPS) is 22.6. The molecule has 1 amide bonds. The fraction of sp³-hybridized carbons (Fsp3) is 0.818. The summed E-state index contributed by atoms with van der Waals surface area (Å²) in [6, 6.07) is 0.215. The van der Waals surface area contributed by atoms with Gasteiger partial charge in [0.25, 0.3) is 0 Å². The molecule has 1 heterocycles. The van der Waals surface area contributed by atoms with Gasteiger partial charge in [-0.2, -0.15) is 0 Å². The van der Waals surface area contributed by atoms with Crippen molar-refractivity contribution in [1.29, 1.82) is 0 Å². The molecule has 3 heteroatoms. The number of hydrogen-bond acceptors (Lipinski definition) is 2. The van der Waals surface area contributed by atoms with Gasteiger partial charge in [-0.25, -0.2) is 0 Å². The third-order valence-corrected chi connectivity index (χ3v) is 2.78. The van der Waals surface area contributed by atoms with Crippen molar-refractivity contribution < 1.29 is 9.59 Å². The predicted octanol–water partition coefficient (Wildman–Crippen LogP) is 1.47. The van der Waals surface area contributed by atoms with Crippen LogP contribution in [-0.4, -0.2) is 29.2 Å². The lowest BCUT2D eigenvalue weighted by atomic mass is 9.94. The number of carbonyl (C=O) groups excluding carboxylic acids is 2. The molecule has 14 heavy (non-hydrogen) atoms. The van der Waals surface area contributed by atoms with E-state index >= 15 is 0 Å². The molecule has 1 unspecified atom stereocenters. The summed E-state index contributed by atoms with van der Waals surface area (Å²) in [5.41, 5.74) is 0. The van der Waals surface area contributed by atoms with Crippen LogP contribution in [0.1, 0.15) is 34.1 Å². The quantitative estimate of drug-likeness (QED) is 0.642. The van der Waals surface area contributed by atoms with Crippen molar-refractivity contribution in [3.63, 3.8) is 0 Å². The molecule has 80 valence electrons. The van der Waals surface area contributed by atoms with Gasteiger partial charge in [0.1, 0.15) is 5.78 Å². The van der Waals surface area contributed by atoms with Crippen LogP contribution in [0.2, 0.25) is 0 Å². The van der Waals surface area contributed by atoms with Crippen molar-refractivity contribution in [2.75, 3.05) is 6.54 Å². The molecule has 1 saturated heterocycles. The molecule has 1 atom stereocenters. The average molecular weight is 197 g/mol. The number of hydrogen-bond donors (Lipinski definition) is 0. The first kappa shape index (κ1) is 11.2. The molecule has 0 aromatic heterocycles. The van der Waals surface area contributed by atoms with E-state index in [2.05, 4.69) is 0 Å². The highest BCUT2D eigenvalue weighted by Gasteiger charge is 2.38. The Bertz CT molecular complexity index is 246. The zero-order valence-corrected chi connectivity index (χ0v) is 9.41. The fourth-order valence-electron chi connectivity index (χ4n) is 1.88. The summed E-state index contributed by atoms with van der Waals surface area (Å²) in [5, 5.41) is 0. The Kier molecular flexibility index (Phi) is 3.29. The lowest BCUT2D eigenvalue weighted by Gasteiger charge is -2.21. The maximum atomic E-state index is 11.8. The van der Waals surface area contributed by atoms with Gasteiger partial charge in [-0.05, 0) is 20.3 Å². The van der Waals surface area contributed by atoms with Crippen LogP contribution in [0.25, 0.3) is 0 Å². The third kappa shape index (κ3) is 1.97. The lowest BCUT2D eigenvalue weighted by molar-refractivity contribution is -0.138. The van der Waals surface area contributed by atoms with Crippen molar-refractivity contribution in [1.82, 2.24) is 4.90 Å².